The maximum Gasteiger partial charge on any atom is 0.244 e. The predicted molar refractivity (Wildman–Crippen MR) is 108 cm³/mol. The Balaban J connectivity index is 1.90. The van der Waals surface area contributed by atoms with E-state index in [1.807, 2.05) is 79.7 Å². The molecule has 0 aromatic heterocycles. The lowest BCUT2D eigenvalue weighted by molar-refractivity contribution is -0.117. The second-order valence-electron chi connectivity index (χ2n) is 6.38. The van der Waals surface area contributed by atoms with Crippen molar-refractivity contribution in [3.63, 3.8) is 0 Å². The van der Waals surface area contributed by atoms with E-state index in [0.717, 1.165) is 16.7 Å². The summed E-state index contributed by atoms with van der Waals surface area (Å²) >= 11 is 0. The van der Waals surface area contributed by atoms with Crippen molar-refractivity contribution < 1.29 is 4.79 Å². The topological polar surface area (TPSA) is 52.9 Å². The van der Waals surface area contributed by atoms with Crippen LogP contribution >= 0.6 is 0 Å². The zero-order chi connectivity index (χ0) is 19.1. The number of amides is 1. The highest BCUT2D eigenvalue weighted by Gasteiger charge is 2.29. The molecule has 0 aliphatic carbocycles. The van der Waals surface area contributed by atoms with Gasteiger partial charge in [0.25, 0.3) is 0 Å². The first-order chi connectivity index (χ1) is 13.1. The molecule has 1 amide bonds. The van der Waals surface area contributed by atoms with Crippen LogP contribution < -0.4 is 5.32 Å². The summed E-state index contributed by atoms with van der Waals surface area (Å²) in [5, 5.41) is 12.3. The van der Waals surface area contributed by atoms with Crippen molar-refractivity contribution in [3.05, 3.63) is 113 Å². The molecule has 0 bridgehead atoms. The van der Waals surface area contributed by atoms with Crippen LogP contribution in [-0.2, 0) is 10.3 Å². The normalized spacial score (nSPS) is 11.1. The van der Waals surface area contributed by atoms with E-state index in [4.69, 9.17) is 0 Å². The number of carbonyl (C=O) groups excluding carboxylic acids is 1. The Morgan fingerprint density at radius 1 is 0.889 bits per heavy atom. The van der Waals surface area contributed by atoms with Crippen molar-refractivity contribution in [2.45, 2.75) is 12.5 Å². The molecule has 132 valence electrons. The van der Waals surface area contributed by atoms with E-state index in [0.29, 0.717) is 5.56 Å². The van der Waals surface area contributed by atoms with Crippen molar-refractivity contribution in [1.29, 1.82) is 5.26 Å². The van der Waals surface area contributed by atoms with E-state index in [1.54, 1.807) is 18.2 Å². The minimum Gasteiger partial charge on any atom is -0.339 e. The molecule has 0 saturated carbocycles. The summed E-state index contributed by atoms with van der Waals surface area (Å²) in [5.41, 5.74) is 2.58. The van der Waals surface area contributed by atoms with Crippen LogP contribution in [0, 0.1) is 11.3 Å². The Morgan fingerprint density at radius 3 is 1.96 bits per heavy atom. The van der Waals surface area contributed by atoms with Crippen LogP contribution in [0.4, 0.5) is 0 Å². The Bertz CT molecular complexity index is 946. The SMILES string of the molecule is CC(NC(=O)/C=C/c1ccccc1C#N)(c1ccccc1)c1ccccc1. The lowest BCUT2D eigenvalue weighted by atomic mass is 9.84. The molecule has 0 saturated heterocycles. The second kappa shape index (κ2) is 8.16. The predicted octanol–water partition coefficient (Wildman–Crippen LogP) is 4.65. The van der Waals surface area contributed by atoms with Crippen LogP contribution in [0.15, 0.2) is 91.0 Å². The van der Waals surface area contributed by atoms with Gasteiger partial charge in [-0.3, -0.25) is 4.79 Å². The molecule has 0 heterocycles. The molecule has 0 unspecified atom stereocenters. The number of nitriles is 1. The van der Waals surface area contributed by atoms with Crippen LogP contribution in [0.2, 0.25) is 0 Å². The van der Waals surface area contributed by atoms with Crippen LogP contribution in [0.25, 0.3) is 6.08 Å². The van der Waals surface area contributed by atoms with Crippen LogP contribution in [0.1, 0.15) is 29.2 Å². The molecule has 3 aromatic carbocycles. The average molecular weight is 352 g/mol. The number of hydrogen-bond acceptors (Lipinski definition) is 2. The van der Waals surface area contributed by atoms with Gasteiger partial charge in [0.2, 0.25) is 5.91 Å². The molecule has 0 spiro atoms. The molecule has 3 rings (SSSR count). The van der Waals surface area contributed by atoms with Crippen molar-refractivity contribution in [1.82, 2.24) is 5.32 Å². The molecule has 3 nitrogen and oxygen atoms in total. The molecule has 0 aliphatic rings. The summed E-state index contributed by atoms with van der Waals surface area (Å²) in [6.45, 7) is 1.99. The number of hydrogen-bond donors (Lipinski definition) is 1. The molecule has 0 aliphatic heterocycles. The maximum absolute atomic E-state index is 12.7. The van der Waals surface area contributed by atoms with Gasteiger partial charge in [-0.05, 0) is 35.8 Å². The Morgan fingerprint density at radius 2 is 1.41 bits per heavy atom. The third kappa shape index (κ3) is 4.13. The summed E-state index contributed by atoms with van der Waals surface area (Å²) in [7, 11) is 0. The second-order valence-corrected chi connectivity index (χ2v) is 6.38. The van der Waals surface area contributed by atoms with Crippen LogP contribution in [0.5, 0.6) is 0 Å². The standard InChI is InChI=1S/C24H20N2O/c1-24(21-12-4-2-5-13-21,22-14-6-3-7-15-22)26-23(27)17-16-19-10-8-9-11-20(19)18-25/h2-17H,1H3,(H,26,27)/b17-16+. The number of carbonyl (C=O) groups is 1. The van der Waals surface area contributed by atoms with Gasteiger partial charge in [-0.2, -0.15) is 5.26 Å². The summed E-state index contributed by atoms with van der Waals surface area (Å²) < 4.78 is 0. The molecule has 0 radical (unpaired) electrons. The van der Waals surface area contributed by atoms with E-state index in [-0.39, 0.29) is 5.91 Å². The van der Waals surface area contributed by atoms with Gasteiger partial charge in [0.1, 0.15) is 0 Å². The van der Waals surface area contributed by atoms with E-state index in [1.165, 1.54) is 6.08 Å². The number of nitrogens with one attached hydrogen (secondary N) is 1. The molecular formula is C24H20N2O. The van der Waals surface area contributed by atoms with E-state index in [2.05, 4.69) is 11.4 Å². The minimum atomic E-state index is -0.668. The molecule has 3 aromatic rings. The third-order valence-electron chi connectivity index (χ3n) is 4.57. The van der Waals surface area contributed by atoms with E-state index in [9.17, 15) is 10.1 Å². The number of benzene rings is 3. The largest absolute Gasteiger partial charge is 0.339 e. The van der Waals surface area contributed by atoms with Gasteiger partial charge in [0, 0.05) is 6.08 Å². The Hall–Kier alpha value is -3.64. The van der Waals surface area contributed by atoms with Crippen molar-refractivity contribution in [2.75, 3.05) is 0 Å². The molecule has 0 fully saturated rings. The smallest absolute Gasteiger partial charge is 0.244 e. The molecule has 0 atom stereocenters. The van der Waals surface area contributed by atoms with Gasteiger partial charge < -0.3 is 5.32 Å². The maximum atomic E-state index is 12.7. The fourth-order valence-corrected chi connectivity index (χ4v) is 3.05. The Labute approximate surface area is 159 Å². The van der Waals surface area contributed by atoms with Crippen molar-refractivity contribution in [3.8, 4) is 6.07 Å². The lowest BCUT2D eigenvalue weighted by Crippen LogP contribution is -2.43. The quantitative estimate of drug-likeness (QED) is 0.680. The highest BCUT2D eigenvalue weighted by atomic mass is 16.1. The molecule has 1 N–H and O–H groups in total. The lowest BCUT2D eigenvalue weighted by Gasteiger charge is -2.31. The van der Waals surface area contributed by atoms with Gasteiger partial charge in [-0.15, -0.1) is 0 Å². The van der Waals surface area contributed by atoms with Gasteiger partial charge in [-0.1, -0.05) is 78.9 Å². The zero-order valence-corrected chi connectivity index (χ0v) is 15.1. The van der Waals surface area contributed by atoms with Crippen LogP contribution in [-0.4, -0.2) is 5.91 Å². The fourth-order valence-electron chi connectivity index (χ4n) is 3.05. The Kier molecular flexibility index (Phi) is 5.49. The zero-order valence-electron chi connectivity index (χ0n) is 15.1. The first kappa shape index (κ1) is 18.2. The van der Waals surface area contributed by atoms with E-state index >= 15 is 0 Å². The monoisotopic (exact) mass is 352 g/mol. The molecule has 3 heteroatoms. The molecule has 27 heavy (non-hydrogen) atoms. The fraction of sp³-hybridized carbons (Fsp3) is 0.0833. The average Bonchev–Trinajstić information content (AvgIpc) is 2.73. The summed E-state index contributed by atoms with van der Waals surface area (Å²) in [4.78, 5) is 12.7. The van der Waals surface area contributed by atoms with E-state index < -0.39 is 5.54 Å². The first-order valence-electron chi connectivity index (χ1n) is 8.74. The highest BCUT2D eigenvalue weighted by molar-refractivity contribution is 5.93. The number of nitrogens with zero attached hydrogens (tertiary/aromatic N) is 1. The number of rotatable bonds is 5. The minimum absolute atomic E-state index is 0.224. The van der Waals surface area contributed by atoms with Gasteiger partial charge in [-0.25, -0.2) is 0 Å². The summed E-state index contributed by atoms with van der Waals surface area (Å²) in [6, 6.07) is 29.1. The van der Waals surface area contributed by atoms with Crippen LogP contribution in [0.3, 0.4) is 0 Å². The van der Waals surface area contributed by atoms with Gasteiger partial charge >= 0.3 is 0 Å². The summed E-state index contributed by atoms with van der Waals surface area (Å²) in [6.07, 6.45) is 3.14. The summed E-state index contributed by atoms with van der Waals surface area (Å²) in [5.74, 6) is -0.224. The van der Waals surface area contributed by atoms with Crippen molar-refractivity contribution in [2.24, 2.45) is 0 Å². The van der Waals surface area contributed by atoms with Gasteiger partial charge in [0.15, 0.2) is 0 Å². The van der Waals surface area contributed by atoms with Gasteiger partial charge in [0.05, 0.1) is 17.2 Å². The first-order valence-corrected chi connectivity index (χ1v) is 8.74. The molecular weight excluding hydrogens is 332 g/mol. The van der Waals surface area contributed by atoms with Crippen molar-refractivity contribution >= 4 is 12.0 Å². The third-order valence-corrected chi connectivity index (χ3v) is 4.57. The highest BCUT2D eigenvalue weighted by Crippen LogP contribution is 2.29.